The van der Waals surface area contributed by atoms with Gasteiger partial charge in [0.25, 0.3) is 0 Å². The Balaban J connectivity index is 1.82. The third kappa shape index (κ3) is 2.29. The van der Waals surface area contributed by atoms with E-state index in [-0.39, 0.29) is 0 Å². The van der Waals surface area contributed by atoms with Crippen LogP contribution in [0.25, 0.3) is 15.9 Å². The zero-order valence-electron chi connectivity index (χ0n) is 10.9. The molecule has 0 aliphatic rings. The number of thiazole rings is 1. The van der Waals surface area contributed by atoms with Gasteiger partial charge in [0.1, 0.15) is 16.1 Å². The zero-order valence-corrected chi connectivity index (χ0v) is 13.4. The van der Waals surface area contributed by atoms with Crippen LogP contribution < -0.4 is 0 Å². The summed E-state index contributed by atoms with van der Waals surface area (Å²) in [4.78, 5) is 17.6. The van der Waals surface area contributed by atoms with Crippen LogP contribution in [0.2, 0.25) is 0 Å². The SMILES string of the molecule is CSc1nc2ncnc(Sc3ncc4ccccn34)c2s1. The molecular formula is C13H9N5S3. The lowest BCUT2D eigenvalue weighted by Crippen LogP contribution is -1.88. The number of aromatic nitrogens is 5. The van der Waals surface area contributed by atoms with Crippen molar-refractivity contribution in [1.82, 2.24) is 24.3 Å². The molecule has 0 aliphatic carbocycles. The average Bonchev–Trinajstić information content (AvgIpc) is 3.12. The summed E-state index contributed by atoms with van der Waals surface area (Å²) in [6.45, 7) is 0. The van der Waals surface area contributed by atoms with Crippen LogP contribution >= 0.6 is 34.9 Å². The highest BCUT2D eigenvalue weighted by Crippen LogP contribution is 2.35. The Labute approximate surface area is 132 Å². The molecule has 0 N–H and O–H groups in total. The molecule has 4 aromatic heterocycles. The van der Waals surface area contributed by atoms with E-state index in [9.17, 15) is 0 Å². The highest BCUT2D eigenvalue weighted by molar-refractivity contribution is 8.00. The van der Waals surface area contributed by atoms with Crippen LogP contribution in [0, 0.1) is 0 Å². The lowest BCUT2D eigenvalue weighted by atomic mass is 10.4. The van der Waals surface area contributed by atoms with Crippen LogP contribution in [0.4, 0.5) is 0 Å². The minimum absolute atomic E-state index is 0.753. The second-order valence-electron chi connectivity index (χ2n) is 4.15. The maximum absolute atomic E-state index is 4.47. The number of nitrogens with zero attached hydrogens (tertiary/aromatic N) is 5. The number of imidazole rings is 1. The van der Waals surface area contributed by atoms with Crippen molar-refractivity contribution in [1.29, 1.82) is 0 Å². The van der Waals surface area contributed by atoms with Gasteiger partial charge in [0.2, 0.25) is 0 Å². The van der Waals surface area contributed by atoms with Gasteiger partial charge in [-0.2, -0.15) is 0 Å². The quantitative estimate of drug-likeness (QED) is 0.422. The van der Waals surface area contributed by atoms with Gasteiger partial charge in [0.05, 0.1) is 11.7 Å². The molecule has 4 rings (SSSR count). The lowest BCUT2D eigenvalue weighted by Gasteiger charge is -2.00. The molecule has 0 bridgehead atoms. The Bertz CT molecular complexity index is 930. The summed E-state index contributed by atoms with van der Waals surface area (Å²) in [5.74, 6) is 0. The summed E-state index contributed by atoms with van der Waals surface area (Å²) in [7, 11) is 0. The molecule has 5 nitrogen and oxygen atoms in total. The van der Waals surface area contributed by atoms with E-state index in [1.807, 2.05) is 36.8 Å². The van der Waals surface area contributed by atoms with E-state index < -0.39 is 0 Å². The molecule has 4 aromatic rings. The number of hydrogen-bond acceptors (Lipinski definition) is 7. The molecule has 104 valence electrons. The molecule has 0 aromatic carbocycles. The average molecular weight is 331 g/mol. The van der Waals surface area contributed by atoms with Crippen molar-refractivity contribution in [3.8, 4) is 0 Å². The van der Waals surface area contributed by atoms with E-state index in [0.717, 1.165) is 30.4 Å². The third-order valence-corrected chi connectivity index (χ3v) is 6.06. The van der Waals surface area contributed by atoms with Crippen molar-refractivity contribution in [3.63, 3.8) is 0 Å². The Hall–Kier alpha value is -1.64. The first-order valence-corrected chi connectivity index (χ1v) is 8.96. The predicted octanol–water partition coefficient (Wildman–Crippen LogP) is 3.61. The van der Waals surface area contributed by atoms with Gasteiger partial charge in [0, 0.05) is 6.20 Å². The molecule has 0 atom stereocenters. The maximum Gasteiger partial charge on any atom is 0.179 e. The second kappa shape index (κ2) is 5.28. The Morgan fingerprint density at radius 1 is 1.19 bits per heavy atom. The molecular weight excluding hydrogens is 322 g/mol. The summed E-state index contributed by atoms with van der Waals surface area (Å²) in [5.41, 5.74) is 1.82. The number of hydrogen-bond donors (Lipinski definition) is 0. The van der Waals surface area contributed by atoms with Gasteiger partial charge in [-0.25, -0.2) is 19.9 Å². The van der Waals surface area contributed by atoms with Crippen LogP contribution in [-0.2, 0) is 0 Å². The molecule has 0 saturated carbocycles. The minimum Gasteiger partial charge on any atom is -0.295 e. The smallest absolute Gasteiger partial charge is 0.179 e. The largest absolute Gasteiger partial charge is 0.295 e. The minimum atomic E-state index is 0.753. The van der Waals surface area contributed by atoms with E-state index in [0.29, 0.717) is 0 Å². The fourth-order valence-corrected chi connectivity index (χ4v) is 4.43. The van der Waals surface area contributed by atoms with Crippen LogP contribution in [0.1, 0.15) is 0 Å². The molecule has 8 heteroatoms. The van der Waals surface area contributed by atoms with Gasteiger partial charge in [-0.1, -0.05) is 17.8 Å². The summed E-state index contributed by atoms with van der Waals surface area (Å²) < 4.78 is 4.06. The molecule has 4 heterocycles. The first-order valence-electron chi connectivity index (χ1n) is 6.10. The standard InChI is InChI=1S/C13H9N5S3/c1-19-13-17-10-9(20-13)11(16-7-15-10)21-12-14-6-8-4-2-3-5-18(8)12/h2-7H,1H3. The van der Waals surface area contributed by atoms with Crippen molar-refractivity contribution in [2.24, 2.45) is 0 Å². The fraction of sp³-hybridized carbons (Fsp3) is 0.0769. The number of rotatable bonds is 3. The highest BCUT2D eigenvalue weighted by atomic mass is 32.2. The normalized spacial score (nSPS) is 11.5. The first kappa shape index (κ1) is 13.1. The van der Waals surface area contributed by atoms with Crippen molar-refractivity contribution in [3.05, 3.63) is 36.9 Å². The summed E-state index contributed by atoms with van der Waals surface area (Å²) in [5, 5.41) is 1.79. The van der Waals surface area contributed by atoms with Crippen LogP contribution in [0.15, 0.2) is 51.4 Å². The van der Waals surface area contributed by atoms with Crippen molar-refractivity contribution >= 4 is 50.7 Å². The maximum atomic E-state index is 4.47. The van der Waals surface area contributed by atoms with Crippen LogP contribution in [-0.4, -0.2) is 30.6 Å². The molecule has 0 aliphatic heterocycles. The third-order valence-electron chi connectivity index (χ3n) is 2.91. The number of pyridine rings is 1. The number of thioether (sulfide) groups is 1. The second-order valence-corrected chi connectivity index (χ2v) is 7.16. The summed E-state index contributed by atoms with van der Waals surface area (Å²) >= 11 is 4.78. The monoisotopic (exact) mass is 331 g/mol. The molecule has 0 saturated heterocycles. The topological polar surface area (TPSA) is 56.0 Å². The van der Waals surface area contributed by atoms with Gasteiger partial charge in [-0.15, -0.1) is 11.3 Å². The molecule has 0 radical (unpaired) electrons. The Kier molecular flexibility index (Phi) is 3.28. The van der Waals surface area contributed by atoms with Gasteiger partial charge < -0.3 is 0 Å². The van der Waals surface area contributed by atoms with Crippen molar-refractivity contribution < 1.29 is 0 Å². The van der Waals surface area contributed by atoms with E-state index in [1.54, 1.807) is 29.4 Å². The molecule has 0 unspecified atom stereocenters. The van der Waals surface area contributed by atoms with Crippen molar-refractivity contribution in [2.45, 2.75) is 14.5 Å². The Morgan fingerprint density at radius 3 is 3.05 bits per heavy atom. The van der Waals surface area contributed by atoms with Crippen LogP contribution in [0.5, 0.6) is 0 Å². The highest BCUT2D eigenvalue weighted by Gasteiger charge is 2.13. The van der Waals surface area contributed by atoms with Gasteiger partial charge >= 0.3 is 0 Å². The molecule has 0 amide bonds. The van der Waals surface area contributed by atoms with Crippen LogP contribution in [0.3, 0.4) is 0 Å². The van der Waals surface area contributed by atoms with E-state index >= 15 is 0 Å². The van der Waals surface area contributed by atoms with Gasteiger partial charge in [0.15, 0.2) is 15.1 Å². The summed E-state index contributed by atoms with van der Waals surface area (Å²) in [6, 6.07) is 6.03. The first-order chi connectivity index (χ1) is 10.3. The lowest BCUT2D eigenvalue weighted by molar-refractivity contribution is 0.952. The van der Waals surface area contributed by atoms with Gasteiger partial charge in [-0.05, 0) is 30.2 Å². The van der Waals surface area contributed by atoms with Crippen molar-refractivity contribution in [2.75, 3.05) is 6.26 Å². The molecule has 21 heavy (non-hydrogen) atoms. The molecule has 0 fully saturated rings. The van der Waals surface area contributed by atoms with E-state index in [1.165, 1.54) is 11.8 Å². The van der Waals surface area contributed by atoms with Gasteiger partial charge in [-0.3, -0.25) is 4.40 Å². The molecule has 0 spiro atoms. The fourth-order valence-electron chi connectivity index (χ4n) is 1.96. The summed E-state index contributed by atoms with van der Waals surface area (Å²) in [6.07, 6.45) is 7.44. The van der Waals surface area contributed by atoms with E-state index in [4.69, 9.17) is 0 Å². The number of fused-ring (bicyclic) bond motifs is 2. The Morgan fingerprint density at radius 2 is 2.14 bits per heavy atom. The zero-order chi connectivity index (χ0) is 14.2. The predicted molar refractivity (Wildman–Crippen MR) is 86.3 cm³/mol. The van der Waals surface area contributed by atoms with E-state index in [2.05, 4.69) is 24.3 Å².